The van der Waals surface area contributed by atoms with Gasteiger partial charge in [0.2, 0.25) is 11.9 Å². The molecule has 0 saturated carbocycles. The molecule has 2 aromatic rings. The zero-order valence-electron chi connectivity index (χ0n) is 10.8. The van der Waals surface area contributed by atoms with Gasteiger partial charge in [-0.3, -0.25) is 4.79 Å². The van der Waals surface area contributed by atoms with Crippen molar-refractivity contribution in [1.29, 1.82) is 0 Å². The summed E-state index contributed by atoms with van der Waals surface area (Å²) in [5.41, 5.74) is 1.31. The molecule has 0 aliphatic heterocycles. The molecule has 0 radical (unpaired) electrons. The van der Waals surface area contributed by atoms with Gasteiger partial charge in [0.25, 0.3) is 0 Å². The van der Waals surface area contributed by atoms with Gasteiger partial charge in [0, 0.05) is 6.42 Å². The Labute approximate surface area is 114 Å². The number of nitrogens with zero attached hydrogens (tertiary/aromatic N) is 1. The maximum absolute atomic E-state index is 13.3. The molecule has 6 heteroatoms. The van der Waals surface area contributed by atoms with Gasteiger partial charge in [0.15, 0.2) is 0 Å². The van der Waals surface area contributed by atoms with E-state index in [9.17, 15) is 13.6 Å². The third kappa shape index (κ3) is 3.50. The van der Waals surface area contributed by atoms with Gasteiger partial charge in [0.05, 0.1) is 23.3 Å². The van der Waals surface area contributed by atoms with Crippen molar-refractivity contribution in [2.45, 2.75) is 13.3 Å². The van der Waals surface area contributed by atoms with Gasteiger partial charge in [0.1, 0.15) is 5.82 Å². The van der Waals surface area contributed by atoms with Gasteiger partial charge in [-0.25, -0.2) is 9.37 Å². The molecular formula is C14H13F2N3O. The zero-order chi connectivity index (χ0) is 14.5. The van der Waals surface area contributed by atoms with Crippen molar-refractivity contribution in [3.05, 3.63) is 48.3 Å². The summed E-state index contributed by atoms with van der Waals surface area (Å²) in [5.74, 6) is -1.23. The van der Waals surface area contributed by atoms with Gasteiger partial charge in [-0.15, -0.1) is 0 Å². The first-order valence-corrected chi connectivity index (χ1v) is 6.06. The number of hydrogen-bond donors (Lipinski definition) is 2. The van der Waals surface area contributed by atoms with Crippen molar-refractivity contribution >= 4 is 23.0 Å². The monoisotopic (exact) mass is 277 g/mol. The summed E-state index contributed by atoms with van der Waals surface area (Å²) < 4.78 is 26.0. The topological polar surface area (TPSA) is 54.0 Å². The van der Waals surface area contributed by atoms with E-state index < -0.39 is 11.8 Å². The molecule has 0 atom stereocenters. The van der Waals surface area contributed by atoms with E-state index in [0.29, 0.717) is 23.5 Å². The average molecular weight is 277 g/mol. The first kappa shape index (κ1) is 13.9. The number of hydrogen-bond acceptors (Lipinski definition) is 3. The molecule has 0 fully saturated rings. The van der Waals surface area contributed by atoms with Gasteiger partial charge in [-0.05, 0) is 30.3 Å². The lowest BCUT2D eigenvalue weighted by atomic mass is 10.2. The molecule has 0 aliphatic rings. The summed E-state index contributed by atoms with van der Waals surface area (Å²) in [5, 5.41) is 5.54. The number of pyridine rings is 1. The summed E-state index contributed by atoms with van der Waals surface area (Å²) in [4.78, 5) is 14.9. The first-order chi connectivity index (χ1) is 9.58. The molecule has 0 saturated heterocycles. The molecule has 2 rings (SSSR count). The fourth-order valence-electron chi connectivity index (χ4n) is 1.57. The van der Waals surface area contributed by atoms with Crippen molar-refractivity contribution in [2.24, 2.45) is 0 Å². The lowest BCUT2D eigenvalue weighted by Crippen LogP contribution is -2.11. The number of nitrogens with one attached hydrogen (secondary N) is 2. The molecule has 0 aliphatic carbocycles. The standard InChI is InChI=1S/C14H13F2N3O/c1-2-14(20)19-11-5-3-9(15)7-12(11)18-10-4-6-13(16)17-8-10/h3-8,18H,2H2,1H3,(H,19,20). The number of carbonyl (C=O) groups is 1. The van der Waals surface area contributed by atoms with Crippen LogP contribution in [0.15, 0.2) is 36.5 Å². The van der Waals surface area contributed by atoms with Crippen LogP contribution in [-0.4, -0.2) is 10.9 Å². The lowest BCUT2D eigenvalue weighted by Gasteiger charge is -2.12. The summed E-state index contributed by atoms with van der Waals surface area (Å²) in [6, 6.07) is 6.61. The van der Waals surface area contributed by atoms with Crippen molar-refractivity contribution in [3.63, 3.8) is 0 Å². The molecule has 20 heavy (non-hydrogen) atoms. The predicted octanol–water partition coefficient (Wildman–Crippen LogP) is 3.45. The van der Waals surface area contributed by atoms with Crippen LogP contribution in [0.5, 0.6) is 0 Å². The average Bonchev–Trinajstić information content (AvgIpc) is 2.44. The third-order valence-electron chi connectivity index (χ3n) is 2.58. The number of benzene rings is 1. The third-order valence-corrected chi connectivity index (χ3v) is 2.58. The summed E-state index contributed by atoms with van der Waals surface area (Å²) in [6.45, 7) is 1.72. The van der Waals surface area contributed by atoms with E-state index in [0.717, 1.165) is 0 Å². The maximum Gasteiger partial charge on any atom is 0.224 e. The Morgan fingerprint density at radius 1 is 1.20 bits per heavy atom. The smallest absolute Gasteiger partial charge is 0.224 e. The molecule has 1 heterocycles. The van der Waals surface area contributed by atoms with E-state index in [2.05, 4.69) is 15.6 Å². The van der Waals surface area contributed by atoms with Crippen LogP contribution in [0.1, 0.15) is 13.3 Å². The Morgan fingerprint density at radius 2 is 2.00 bits per heavy atom. The minimum absolute atomic E-state index is 0.183. The van der Waals surface area contributed by atoms with Crippen LogP contribution in [0, 0.1) is 11.8 Å². The lowest BCUT2D eigenvalue weighted by molar-refractivity contribution is -0.115. The maximum atomic E-state index is 13.3. The quantitative estimate of drug-likeness (QED) is 0.841. The molecule has 1 amide bonds. The number of halogens is 2. The highest BCUT2D eigenvalue weighted by atomic mass is 19.1. The van der Waals surface area contributed by atoms with E-state index in [1.165, 1.54) is 36.5 Å². The summed E-state index contributed by atoms with van der Waals surface area (Å²) in [7, 11) is 0. The Morgan fingerprint density at radius 3 is 2.65 bits per heavy atom. The van der Waals surface area contributed by atoms with Crippen LogP contribution in [0.4, 0.5) is 25.8 Å². The Bertz CT molecular complexity index is 614. The second kappa shape index (κ2) is 6.10. The van der Waals surface area contributed by atoms with Crippen LogP contribution >= 0.6 is 0 Å². The summed E-state index contributed by atoms with van der Waals surface area (Å²) >= 11 is 0. The van der Waals surface area contributed by atoms with Crippen LogP contribution < -0.4 is 10.6 Å². The zero-order valence-corrected chi connectivity index (χ0v) is 10.8. The molecule has 2 N–H and O–H groups in total. The number of anilines is 3. The van der Waals surface area contributed by atoms with Crippen LogP contribution in [0.3, 0.4) is 0 Å². The largest absolute Gasteiger partial charge is 0.352 e. The fourth-order valence-corrected chi connectivity index (χ4v) is 1.57. The van der Waals surface area contributed by atoms with Crippen LogP contribution in [-0.2, 0) is 4.79 Å². The number of amides is 1. The van der Waals surface area contributed by atoms with Crippen molar-refractivity contribution in [1.82, 2.24) is 4.98 Å². The van der Waals surface area contributed by atoms with Gasteiger partial charge in [-0.1, -0.05) is 6.92 Å². The molecule has 104 valence electrons. The van der Waals surface area contributed by atoms with E-state index in [-0.39, 0.29) is 5.91 Å². The van der Waals surface area contributed by atoms with Gasteiger partial charge >= 0.3 is 0 Å². The SMILES string of the molecule is CCC(=O)Nc1ccc(F)cc1Nc1ccc(F)nc1. The summed E-state index contributed by atoms with van der Waals surface area (Å²) in [6.07, 6.45) is 1.60. The highest BCUT2D eigenvalue weighted by Crippen LogP contribution is 2.26. The van der Waals surface area contributed by atoms with Crippen molar-refractivity contribution in [2.75, 3.05) is 10.6 Å². The Balaban J connectivity index is 2.26. The minimum atomic E-state index is -0.602. The highest BCUT2D eigenvalue weighted by Gasteiger charge is 2.07. The molecule has 0 spiro atoms. The van der Waals surface area contributed by atoms with Gasteiger partial charge in [-0.2, -0.15) is 4.39 Å². The second-order valence-corrected chi connectivity index (χ2v) is 4.09. The molecule has 1 aromatic carbocycles. The molecular weight excluding hydrogens is 264 g/mol. The molecule has 0 bridgehead atoms. The number of rotatable bonds is 4. The van der Waals surface area contributed by atoms with Crippen LogP contribution in [0.2, 0.25) is 0 Å². The Kier molecular flexibility index (Phi) is 4.24. The van der Waals surface area contributed by atoms with Gasteiger partial charge < -0.3 is 10.6 Å². The minimum Gasteiger partial charge on any atom is -0.352 e. The predicted molar refractivity (Wildman–Crippen MR) is 72.8 cm³/mol. The number of carbonyl (C=O) groups excluding carboxylic acids is 1. The van der Waals surface area contributed by atoms with Crippen molar-refractivity contribution in [3.8, 4) is 0 Å². The van der Waals surface area contributed by atoms with E-state index in [4.69, 9.17) is 0 Å². The van der Waals surface area contributed by atoms with Crippen LogP contribution in [0.25, 0.3) is 0 Å². The molecule has 1 aromatic heterocycles. The highest BCUT2D eigenvalue weighted by molar-refractivity contribution is 5.94. The molecule has 4 nitrogen and oxygen atoms in total. The van der Waals surface area contributed by atoms with Crippen molar-refractivity contribution < 1.29 is 13.6 Å². The fraction of sp³-hybridized carbons (Fsp3) is 0.143. The van der Waals surface area contributed by atoms with E-state index in [1.54, 1.807) is 6.92 Å². The number of aromatic nitrogens is 1. The Hall–Kier alpha value is -2.50. The second-order valence-electron chi connectivity index (χ2n) is 4.09. The first-order valence-electron chi connectivity index (χ1n) is 6.06. The normalized spacial score (nSPS) is 10.2. The molecule has 0 unspecified atom stereocenters. The van der Waals surface area contributed by atoms with E-state index in [1.807, 2.05) is 0 Å². The van der Waals surface area contributed by atoms with E-state index >= 15 is 0 Å².